The third-order valence-corrected chi connectivity index (χ3v) is 3.75. The number of likely N-dealkylation sites (tertiary alicyclic amines) is 1. The molecule has 0 radical (unpaired) electrons. The van der Waals surface area contributed by atoms with Crippen molar-refractivity contribution in [3.05, 3.63) is 0 Å². The van der Waals surface area contributed by atoms with Gasteiger partial charge in [-0.05, 0) is 26.7 Å². The molecule has 2 amide bonds. The first-order valence-electron chi connectivity index (χ1n) is 6.85. The zero-order chi connectivity index (χ0) is 15.1. The van der Waals surface area contributed by atoms with E-state index >= 15 is 0 Å². The zero-order valence-electron chi connectivity index (χ0n) is 11.6. The van der Waals surface area contributed by atoms with Gasteiger partial charge in [-0.2, -0.15) is 13.2 Å². The predicted molar refractivity (Wildman–Crippen MR) is 65.7 cm³/mol. The number of carbonyl (C=O) groups excluding carboxylic acids is 2. The fourth-order valence-electron chi connectivity index (χ4n) is 2.58. The van der Waals surface area contributed by atoms with Crippen molar-refractivity contribution in [3.8, 4) is 0 Å². The Balaban J connectivity index is 2.02. The second-order valence-electron chi connectivity index (χ2n) is 5.85. The van der Waals surface area contributed by atoms with Gasteiger partial charge in [0.1, 0.15) is 6.54 Å². The lowest BCUT2D eigenvalue weighted by molar-refractivity contribution is -0.167. The van der Waals surface area contributed by atoms with Crippen LogP contribution in [0.25, 0.3) is 0 Å². The number of rotatable bonds is 4. The number of halogens is 3. The number of amides is 2. The Bertz CT molecular complexity index is 405. The molecule has 0 bridgehead atoms. The van der Waals surface area contributed by atoms with Crippen LogP contribution in [0, 0.1) is 5.92 Å². The highest BCUT2D eigenvalue weighted by molar-refractivity contribution is 5.89. The van der Waals surface area contributed by atoms with E-state index in [-0.39, 0.29) is 24.9 Å². The van der Waals surface area contributed by atoms with E-state index in [0.29, 0.717) is 0 Å². The van der Waals surface area contributed by atoms with E-state index in [0.717, 1.165) is 17.7 Å². The van der Waals surface area contributed by atoms with Crippen molar-refractivity contribution < 1.29 is 22.8 Å². The van der Waals surface area contributed by atoms with Crippen molar-refractivity contribution in [2.24, 2.45) is 5.92 Å². The number of carbonyl (C=O) groups is 2. The summed E-state index contributed by atoms with van der Waals surface area (Å²) < 4.78 is 37.6. The average molecular weight is 292 g/mol. The molecule has 0 aromatic heterocycles. The maximum absolute atomic E-state index is 12.5. The molecule has 0 N–H and O–H groups in total. The third-order valence-electron chi connectivity index (χ3n) is 3.75. The Morgan fingerprint density at radius 3 is 2.45 bits per heavy atom. The molecule has 1 atom stereocenters. The summed E-state index contributed by atoms with van der Waals surface area (Å²) in [7, 11) is 0. The first-order valence-corrected chi connectivity index (χ1v) is 6.85. The summed E-state index contributed by atoms with van der Waals surface area (Å²) in [6.45, 7) is 2.12. The van der Waals surface area contributed by atoms with Crippen LogP contribution in [0.15, 0.2) is 0 Å². The van der Waals surface area contributed by atoms with E-state index in [4.69, 9.17) is 0 Å². The molecule has 0 aromatic rings. The molecule has 0 spiro atoms. The number of hydrogen-bond donors (Lipinski definition) is 0. The standard InChI is InChI=1S/C13H19F3N2O2/c1-8(2)18(7-13(14,15)16)12(20)9-5-11(19)17(6-9)10-3-4-10/h8-10H,3-7H2,1-2H3. The number of hydrogen-bond acceptors (Lipinski definition) is 2. The monoisotopic (exact) mass is 292 g/mol. The summed E-state index contributed by atoms with van der Waals surface area (Å²) in [6.07, 6.45) is -2.51. The Kier molecular flexibility index (Phi) is 3.97. The van der Waals surface area contributed by atoms with Crippen molar-refractivity contribution in [1.82, 2.24) is 9.80 Å². The van der Waals surface area contributed by atoms with Gasteiger partial charge in [-0.15, -0.1) is 0 Å². The summed E-state index contributed by atoms with van der Waals surface area (Å²) >= 11 is 0. The minimum atomic E-state index is -4.42. The van der Waals surface area contributed by atoms with Gasteiger partial charge >= 0.3 is 6.18 Å². The number of nitrogens with zero attached hydrogens (tertiary/aromatic N) is 2. The molecule has 1 aliphatic carbocycles. The van der Waals surface area contributed by atoms with Gasteiger partial charge in [-0.1, -0.05) is 0 Å². The van der Waals surface area contributed by atoms with Crippen LogP contribution in [0.1, 0.15) is 33.1 Å². The lowest BCUT2D eigenvalue weighted by Crippen LogP contribution is -2.46. The minimum Gasteiger partial charge on any atom is -0.339 e. The van der Waals surface area contributed by atoms with Crippen LogP contribution >= 0.6 is 0 Å². The van der Waals surface area contributed by atoms with Crippen LogP contribution in [0.3, 0.4) is 0 Å². The van der Waals surface area contributed by atoms with Gasteiger partial charge in [0.15, 0.2) is 0 Å². The van der Waals surface area contributed by atoms with E-state index in [1.54, 1.807) is 18.7 Å². The second-order valence-corrected chi connectivity index (χ2v) is 5.85. The Labute approximate surface area is 115 Å². The molecule has 4 nitrogen and oxygen atoms in total. The largest absolute Gasteiger partial charge is 0.406 e. The van der Waals surface area contributed by atoms with Gasteiger partial charge in [0.05, 0.1) is 5.92 Å². The molecule has 1 saturated heterocycles. The SMILES string of the molecule is CC(C)N(CC(F)(F)F)C(=O)C1CC(=O)N(C2CC2)C1. The Morgan fingerprint density at radius 1 is 1.40 bits per heavy atom. The van der Waals surface area contributed by atoms with Gasteiger partial charge < -0.3 is 9.80 Å². The van der Waals surface area contributed by atoms with Gasteiger partial charge in [0.25, 0.3) is 0 Å². The molecule has 2 rings (SSSR count). The van der Waals surface area contributed by atoms with E-state index < -0.39 is 30.6 Å². The molecule has 2 aliphatic rings. The zero-order valence-corrected chi connectivity index (χ0v) is 11.6. The van der Waals surface area contributed by atoms with Crippen molar-refractivity contribution in [2.75, 3.05) is 13.1 Å². The van der Waals surface area contributed by atoms with Gasteiger partial charge in [0, 0.05) is 25.0 Å². The molecule has 20 heavy (non-hydrogen) atoms. The van der Waals surface area contributed by atoms with Crippen molar-refractivity contribution in [1.29, 1.82) is 0 Å². The Morgan fingerprint density at radius 2 is 2.00 bits per heavy atom. The molecule has 1 heterocycles. The summed E-state index contributed by atoms with van der Waals surface area (Å²) in [6, 6.07) is -0.329. The molecule has 0 aromatic carbocycles. The van der Waals surface area contributed by atoms with Gasteiger partial charge in [-0.3, -0.25) is 9.59 Å². The lowest BCUT2D eigenvalue weighted by Gasteiger charge is -2.30. The highest BCUT2D eigenvalue weighted by atomic mass is 19.4. The minimum absolute atomic E-state index is 0.0381. The van der Waals surface area contributed by atoms with Gasteiger partial charge in [0.2, 0.25) is 11.8 Å². The second kappa shape index (κ2) is 5.26. The normalized spacial score (nSPS) is 23.6. The molecule has 1 aliphatic heterocycles. The van der Waals surface area contributed by atoms with Crippen LogP contribution in [0.2, 0.25) is 0 Å². The molecule has 114 valence electrons. The van der Waals surface area contributed by atoms with Crippen LogP contribution in [-0.4, -0.2) is 53.0 Å². The first-order chi connectivity index (χ1) is 9.19. The van der Waals surface area contributed by atoms with E-state index in [1.165, 1.54) is 0 Å². The highest BCUT2D eigenvalue weighted by Gasteiger charge is 2.44. The van der Waals surface area contributed by atoms with Crippen molar-refractivity contribution in [2.45, 2.75) is 51.4 Å². The molecule has 1 unspecified atom stereocenters. The van der Waals surface area contributed by atoms with Crippen LogP contribution in [0.5, 0.6) is 0 Å². The van der Waals surface area contributed by atoms with Crippen molar-refractivity contribution >= 4 is 11.8 Å². The molecule has 2 fully saturated rings. The van der Waals surface area contributed by atoms with E-state index in [9.17, 15) is 22.8 Å². The third kappa shape index (κ3) is 3.43. The highest BCUT2D eigenvalue weighted by Crippen LogP contribution is 2.33. The summed E-state index contributed by atoms with van der Waals surface area (Å²) in [5.41, 5.74) is 0. The summed E-state index contributed by atoms with van der Waals surface area (Å²) in [4.78, 5) is 26.5. The average Bonchev–Trinajstić information content (AvgIpc) is 3.07. The Hall–Kier alpha value is -1.27. The van der Waals surface area contributed by atoms with E-state index in [1.807, 2.05) is 0 Å². The molecule has 7 heteroatoms. The maximum atomic E-state index is 12.5. The number of alkyl halides is 3. The first kappa shape index (κ1) is 15.1. The molecular weight excluding hydrogens is 273 g/mol. The van der Waals surface area contributed by atoms with Gasteiger partial charge in [-0.25, -0.2) is 0 Å². The van der Waals surface area contributed by atoms with Crippen LogP contribution in [-0.2, 0) is 9.59 Å². The predicted octanol–water partition coefficient (Wildman–Crippen LogP) is 1.80. The van der Waals surface area contributed by atoms with E-state index in [2.05, 4.69) is 0 Å². The molecule has 1 saturated carbocycles. The smallest absolute Gasteiger partial charge is 0.339 e. The quantitative estimate of drug-likeness (QED) is 0.792. The topological polar surface area (TPSA) is 40.6 Å². The van der Waals surface area contributed by atoms with Crippen LogP contribution < -0.4 is 0 Å². The summed E-state index contributed by atoms with van der Waals surface area (Å²) in [5, 5.41) is 0. The molecular formula is C13H19F3N2O2. The maximum Gasteiger partial charge on any atom is 0.406 e. The summed E-state index contributed by atoms with van der Waals surface area (Å²) in [5.74, 6) is -1.30. The lowest BCUT2D eigenvalue weighted by atomic mass is 10.1. The van der Waals surface area contributed by atoms with Crippen molar-refractivity contribution in [3.63, 3.8) is 0 Å². The fourth-order valence-corrected chi connectivity index (χ4v) is 2.58. The fraction of sp³-hybridized carbons (Fsp3) is 0.846. The van der Waals surface area contributed by atoms with Crippen LogP contribution in [0.4, 0.5) is 13.2 Å².